The van der Waals surface area contributed by atoms with Crippen LogP contribution in [0.15, 0.2) is 29.1 Å². The Morgan fingerprint density at radius 1 is 1.44 bits per heavy atom. The summed E-state index contributed by atoms with van der Waals surface area (Å²) in [5.74, 6) is -1.09. The van der Waals surface area contributed by atoms with Gasteiger partial charge in [0, 0.05) is 22.0 Å². The van der Waals surface area contributed by atoms with Crippen molar-refractivity contribution in [2.24, 2.45) is 0 Å². The van der Waals surface area contributed by atoms with E-state index in [4.69, 9.17) is 16.7 Å². The van der Waals surface area contributed by atoms with Crippen LogP contribution in [-0.2, 0) is 4.79 Å². The third-order valence-corrected chi connectivity index (χ3v) is 2.91. The van der Waals surface area contributed by atoms with E-state index in [1.165, 1.54) is 6.08 Å². The second-order valence-electron chi connectivity index (χ2n) is 3.85. The van der Waals surface area contributed by atoms with E-state index < -0.39 is 5.97 Å². The predicted octanol–water partition coefficient (Wildman–Crippen LogP) is 2.59. The van der Waals surface area contributed by atoms with E-state index in [0.29, 0.717) is 16.1 Å². The second kappa shape index (κ2) is 4.66. The molecule has 1 heterocycles. The van der Waals surface area contributed by atoms with E-state index in [9.17, 15) is 9.59 Å². The molecule has 0 saturated carbocycles. The molecule has 0 bridgehead atoms. The smallest absolute Gasteiger partial charge is 0.328 e. The largest absolute Gasteiger partial charge is 0.478 e. The first-order chi connectivity index (χ1) is 8.49. The number of pyridine rings is 1. The van der Waals surface area contributed by atoms with E-state index in [2.05, 4.69) is 4.98 Å². The topological polar surface area (TPSA) is 70.2 Å². The Hall–Kier alpha value is -2.07. The molecule has 1 aromatic carbocycles. The molecule has 0 amide bonds. The van der Waals surface area contributed by atoms with Crippen molar-refractivity contribution < 1.29 is 9.90 Å². The molecule has 0 aliphatic heterocycles. The average Bonchev–Trinajstić information content (AvgIpc) is 2.27. The Morgan fingerprint density at radius 3 is 2.83 bits per heavy atom. The van der Waals surface area contributed by atoms with Crippen LogP contribution >= 0.6 is 11.6 Å². The molecule has 2 N–H and O–H groups in total. The van der Waals surface area contributed by atoms with Crippen LogP contribution in [0, 0.1) is 6.92 Å². The van der Waals surface area contributed by atoms with Gasteiger partial charge in [-0.2, -0.15) is 0 Å². The number of carbonyl (C=O) groups is 1. The number of aryl methyl sites for hydroxylation is 1. The highest BCUT2D eigenvalue weighted by Gasteiger charge is 2.07. The van der Waals surface area contributed by atoms with Gasteiger partial charge in [-0.05, 0) is 30.7 Å². The van der Waals surface area contributed by atoms with Crippen molar-refractivity contribution in [1.29, 1.82) is 0 Å². The maximum atomic E-state index is 11.8. The van der Waals surface area contributed by atoms with Crippen molar-refractivity contribution in [1.82, 2.24) is 4.98 Å². The number of hydrogen-bond acceptors (Lipinski definition) is 2. The van der Waals surface area contributed by atoms with Crippen LogP contribution in [-0.4, -0.2) is 16.1 Å². The lowest BCUT2D eigenvalue weighted by atomic mass is 10.0. The van der Waals surface area contributed by atoms with E-state index >= 15 is 0 Å². The van der Waals surface area contributed by atoms with Crippen molar-refractivity contribution in [2.75, 3.05) is 0 Å². The van der Waals surface area contributed by atoms with Crippen LogP contribution in [0.5, 0.6) is 0 Å². The van der Waals surface area contributed by atoms with Gasteiger partial charge in [0.2, 0.25) is 0 Å². The van der Waals surface area contributed by atoms with E-state index in [1.54, 1.807) is 25.1 Å². The first-order valence-electron chi connectivity index (χ1n) is 5.22. The van der Waals surface area contributed by atoms with Crippen molar-refractivity contribution in [3.8, 4) is 0 Å². The lowest BCUT2D eigenvalue weighted by Gasteiger charge is -2.05. The van der Waals surface area contributed by atoms with Crippen LogP contribution in [0.1, 0.15) is 11.1 Å². The number of nitrogens with one attached hydrogen (secondary N) is 1. The maximum absolute atomic E-state index is 11.8. The van der Waals surface area contributed by atoms with Gasteiger partial charge in [-0.1, -0.05) is 17.7 Å². The highest BCUT2D eigenvalue weighted by atomic mass is 35.5. The number of carboxylic acid groups (broad SMARTS) is 1. The second-order valence-corrected chi connectivity index (χ2v) is 4.29. The molecule has 1 aromatic heterocycles. The molecule has 0 aliphatic rings. The van der Waals surface area contributed by atoms with Crippen molar-refractivity contribution in [3.05, 3.63) is 50.8 Å². The van der Waals surface area contributed by atoms with Gasteiger partial charge in [0.15, 0.2) is 0 Å². The zero-order chi connectivity index (χ0) is 13.3. The minimum Gasteiger partial charge on any atom is -0.478 e. The molecule has 0 spiro atoms. The van der Waals surface area contributed by atoms with Gasteiger partial charge in [-0.15, -0.1) is 0 Å². The van der Waals surface area contributed by atoms with Gasteiger partial charge < -0.3 is 10.1 Å². The van der Waals surface area contributed by atoms with Crippen LogP contribution in [0.2, 0.25) is 5.02 Å². The molecule has 18 heavy (non-hydrogen) atoms. The first-order valence-corrected chi connectivity index (χ1v) is 5.60. The molecule has 0 aliphatic carbocycles. The minimum absolute atomic E-state index is 0.334. The number of benzene rings is 1. The molecule has 4 nitrogen and oxygen atoms in total. The fourth-order valence-corrected chi connectivity index (χ4v) is 1.98. The standard InChI is InChI=1S/C13H10ClNO3/c1-7-9-3-2-8(14)6-11(9)15-13(18)10(7)4-5-12(16)17/h2-6H,1H3,(H,15,18)(H,16,17)/b5-4+. The summed E-state index contributed by atoms with van der Waals surface area (Å²) in [5, 5.41) is 9.96. The number of aromatic nitrogens is 1. The molecule has 5 heteroatoms. The molecule has 2 aromatic rings. The van der Waals surface area contributed by atoms with E-state index in [1.807, 2.05) is 0 Å². The van der Waals surface area contributed by atoms with Gasteiger partial charge in [0.1, 0.15) is 0 Å². The molecule has 0 radical (unpaired) electrons. The van der Waals surface area contributed by atoms with Gasteiger partial charge in [-0.3, -0.25) is 4.79 Å². The lowest BCUT2D eigenvalue weighted by Crippen LogP contribution is -2.11. The monoisotopic (exact) mass is 263 g/mol. The summed E-state index contributed by atoms with van der Waals surface area (Å²) in [6.45, 7) is 1.77. The summed E-state index contributed by atoms with van der Waals surface area (Å²) < 4.78 is 0. The summed E-state index contributed by atoms with van der Waals surface area (Å²) in [6, 6.07) is 5.18. The Bertz CT molecular complexity index is 716. The third kappa shape index (κ3) is 2.28. The van der Waals surface area contributed by atoms with E-state index in [-0.39, 0.29) is 5.56 Å². The molecule has 92 valence electrons. The number of aromatic amines is 1. The van der Waals surface area contributed by atoms with Crippen LogP contribution < -0.4 is 5.56 Å². The summed E-state index contributed by atoms with van der Waals surface area (Å²) in [7, 11) is 0. The zero-order valence-electron chi connectivity index (χ0n) is 9.53. The van der Waals surface area contributed by atoms with Crippen LogP contribution in [0.3, 0.4) is 0 Å². The first kappa shape index (κ1) is 12.4. The number of fused-ring (bicyclic) bond motifs is 1. The molecular weight excluding hydrogens is 254 g/mol. The quantitative estimate of drug-likeness (QED) is 0.818. The lowest BCUT2D eigenvalue weighted by molar-refractivity contribution is -0.131. The highest BCUT2D eigenvalue weighted by Crippen LogP contribution is 2.21. The molecular formula is C13H10ClNO3. The zero-order valence-corrected chi connectivity index (χ0v) is 10.3. The SMILES string of the molecule is Cc1c(/C=C/C(=O)O)c(=O)[nH]c2cc(Cl)ccc12. The molecule has 0 unspecified atom stereocenters. The Morgan fingerprint density at radius 2 is 2.17 bits per heavy atom. The number of H-pyrrole nitrogens is 1. The van der Waals surface area contributed by atoms with Crippen molar-refractivity contribution >= 4 is 34.5 Å². The van der Waals surface area contributed by atoms with Gasteiger partial charge in [-0.25, -0.2) is 4.79 Å². The number of hydrogen-bond donors (Lipinski definition) is 2. The summed E-state index contributed by atoms with van der Waals surface area (Å²) in [4.78, 5) is 25.0. The highest BCUT2D eigenvalue weighted by molar-refractivity contribution is 6.31. The normalized spacial score (nSPS) is 11.2. The molecule has 2 rings (SSSR count). The van der Waals surface area contributed by atoms with Crippen LogP contribution in [0.25, 0.3) is 17.0 Å². The third-order valence-electron chi connectivity index (χ3n) is 2.68. The van der Waals surface area contributed by atoms with Gasteiger partial charge >= 0.3 is 5.97 Å². The van der Waals surface area contributed by atoms with Crippen LogP contribution in [0.4, 0.5) is 0 Å². The van der Waals surface area contributed by atoms with Crippen molar-refractivity contribution in [3.63, 3.8) is 0 Å². The Balaban J connectivity index is 2.73. The Labute approximate surface area is 108 Å². The molecule has 0 saturated heterocycles. The fraction of sp³-hybridized carbons (Fsp3) is 0.0769. The minimum atomic E-state index is -1.09. The number of halogens is 1. The predicted molar refractivity (Wildman–Crippen MR) is 71.0 cm³/mol. The summed E-state index contributed by atoms with van der Waals surface area (Å²) in [6.07, 6.45) is 2.24. The van der Waals surface area contributed by atoms with Gasteiger partial charge in [0.05, 0.1) is 5.52 Å². The average molecular weight is 264 g/mol. The van der Waals surface area contributed by atoms with E-state index in [0.717, 1.165) is 17.0 Å². The molecule has 0 fully saturated rings. The molecule has 0 atom stereocenters. The summed E-state index contributed by atoms with van der Waals surface area (Å²) in [5.41, 5.74) is 1.37. The Kier molecular flexibility index (Phi) is 3.21. The van der Waals surface area contributed by atoms with Gasteiger partial charge in [0.25, 0.3) is 5.56 Å². The van der Waals surface area contributed by atoms with Crippen molar-refractivity contribution in [2.45, 2.75) is 6.92 Å². The number of carboxylic acids is 1. The number of rotatable bonds is 2. The summed E-state index contributed by atoms with van der Waals surface area (Å²) >= 11 is 5.85. The fourth-order valence-electron chi connectivity index (χ4n) is 1.81. The number of aliphatic carboxylic acids is 1. The maximum Gasteiger partial charge on any atom is 0.328 e.